The van der Waals surface area contributed by atoms with Crippen LogP contribution in [-0.2, 0) is 19.6 Å². The van der Waals surface area contributed by atoms with Crippen molar-refractivity contribution in [3.05, 3.63) is 46.0 Å². The molecule has 1 aromatic carbocycles. The second-order valence-electron chi connectivity index (χ2n) is 4.09. The van der Waals surface area contributed by atoms with Crippen molar-refractivity contribution in [1.29, 1.82) is 0 Å². The van der Waals surface area contributed by atoms with Crippen molar-refractivity contribution in [1.82, 2.24) is 14.8 Å². The summed E-state index contributed by atoms with van der Waals surface area (Å²) in [5.41, 5.74) is -1.33. The van der Waals surface area contributed by atoms with Crippen LogP contribution >= 0.6 is 15.9 Å². The van der Waals surface area contributed by atoms with Gasteiger partial charge in [0.25, 0.3) is 0 Å². The number of nitrogens with zero attached hydrogens (tertiary/aromatic N) is 3. The van der Waals surface area contributed by atoms with Crippen LogP contribution in [0.1, 0.15) is 21.7 Å². The van der Waals surface area contributed by atoms with E-state index < -0.39 is 17.5 Å². The van der Waals surface area contributed by atoms with Gasteiger partial charge in [0.15, 0.2) is 5.78 Å². The van der Waals surface area contributed by atoms with E-state index in [1.807, 2.05) is 0 Å². The van der Waals surface area contributed by atoms with E-state index in [0.29, 0.717) is 5.82 Å². The highest BCUT2D eigenvalue weighted by molar-refractivity contribution is 9.10. The number of hydrogen-bond donors (Lipinski definition) is 0. The topological polar surface area (TPSA) is 47.8 Å². The van der Waals surface area contributed by atoms with Crippen LogP contribution in [0.3, 0.4) is 0 Å². The zero-order chi connectivity index (χ0) is 14.9. The summed E-state index contributed by atoms with van der Waals surface area (Å²) in [5.74, 6) is -0.341. The molecule has 0 radical (unpaired) electrons. The minimum absolute atomic E-state index is 0.235. The first-order valence-electron chi connectivity index (χ1n) is 5.52. The second kappa shape index (κ2) is 5.35. The minimum Gasteiger partial charge on any atom is -0.294 e. The first kappa shape index (κ1) is 14.7. The van der Waals surface area contributed by atoms with Crippen molar-refractivity contribution in [2.24, 2.45) is 7.05 Å². The molecular formula is C12H9BrF3N3O. The Balaban J connectivity index is 2.37. The van der Waals surface area contributed by atoms with E-state index in [2.05, 4.69) is 26.0 Å². The molecule has 0 unspecified atom stereocenters. The van der Waals surface area contributed by atoms with E-state index in [0.717, 1.165) is 12.1 Å². The van der Waals surface area contributed by atoms with Crippen molar-refractivity contribution in [2.75, 3.05) is 0 Å². The van der Waals surface area contributed by atoms with Gasteiger partial charge < -0.3 is 0 Å². The highest BCUT2D eigenvalue weighted by Gasteiger charge is 2.35. The number of hydrogen-bond acceptors (Lipinski definition) is 3. The molecule has 0 spiro atoms. The number of rotatable bonds is 3. The SMILES string of the molecule is Cn1ncnc1CC(=O)c1ccc(Br)cc1C(F)(F)F. The lowest BCUT2D eigenvalue weighted by Gasteiger charge is -2.12. The molecule has 20 heavy (non-hydrogen) atoms. The summed E-state index contributed by atoms with van der Waals surface area (Å²) in [6.07, 6.45) is -3.58. The quantitative estimate of drug-likeness (QED) is 0.802. The Hall–Kier alpha value is -1.70. The zero-order valence-corrected chi connectivity index (χ0v) is 11.9. The summed E-state index contributed by atoms with van der Waals surface area (Å²) in [7, 11) is 1.57. The average Bonchev–Trinajstić information content (AvgIpc) is 2.73. The molecule has 0 aliphatic heterocycles. The molecule has 1 aromatic heterocycles. The Morgan fingerprint density at radius 1 is 1.40 bits per heavy atom. The van der Waals surface area contributed by atoms with Gasteiger partial charge in [0.1, 0.15) is 12.2 Å². The van der Waals surface area contributed by atoms with Crippen LogP contribution in [0.2, 0.25) is 0 Å². The van der Waals surface area contributed by atoms with Gasteiger partial charge in [0.2, 0.25) is 0 Å². The number of carbonyl (C=O) groups excluding carboxylic acids is 1. The molecule has 0 aliphatic carbocycles. The predicted octanol–water partition coefficient (Wildman–Crippen LogP) is 3.02. The smallest absolute Gasteiger partial charge is 0.294 e. The van der Waals surface area contributed by atoms with Crippen molar-refractivity contribution in [2.45, 2.75) is 12.6 Å². The maximum absolute atomic E-state index is 12.9. The largest absolute Gasteiger partial charge is 0.417 e. The van der Waals surface area contributed by atoms with Crippen molar-refractivity contribution < 1.29 is 18.0 Å². The third-order valence-electron chi connectivity index (χ3n) is 2.71. The van der Waals surface area contributed by atoms with Crippen LogP contribution in [0.15, 0.2) is 29.0 Å². The van der Waals surface area contributed by atoms with E-state index >= 15 is 0 Å². The van der Waals surface area contributed by atoms with E-state index in [-0.39, 0.29) is 16.5 Å². The summed E-state index contributed by atoms with van der Waals surface area (Å²) in [6, 6.07) is 3.45. The molecule has 0 atom stereocenters. The summed E-state index contributed by atoms with van der Waals surface area (Å²) >= 11 is 2.97. The number of alkyl halides is 3. The van der Waals surface area contributed by atoms with Crippen LogP contribution in [-0.4, -0.2) is 20.5 Å². The maximum Gasteiger partial charge on any atom is 0.417 e. The predicted molar refractivity (Wildman–Crippen MR) is 68.2 cm³/mol. The molecule has 4 nitrogen and oxygen atoms in total. The summed E-state index contributed by atoms with van der Waals surface area (Å²) in [4.78, 5) is 15.9. The molecule has 0 N–H and O–H groups in total. The summed E-state index contributed by atoms with van der Waals surface area (Å²) in [6.45, 7) is 0. The standard InChI is InChI=1S/C12H9BrF3N3O/c1-19-11(17-6-18-19)5-10(20)8-3-2-7(13)4-9(8)12(14,15)16/h2-4,6H,5H2,1H3. The number of Topliss-reactive ketones (excluding diaryl/α,β-unsaturated/α-hetero) is 1. The van der Waals surface area contributed by atoms with Crippen molar-refractivity contribution >= 4 is 21.7 Å². The molecule has 0 saturated heterocycles. The number of halogens is 4. The van der Waals surface area contributed by atoms with Gasteiger partial charge >= 0.3 is 6.18 Å². The van der Waals surface area contributed by atoms with Gasteiger partial charge in [-0.2, -0.15) is 18.3 Å². The first-order valence-corrected chi connectivity index (χ1v) is 6.31. The third kappa shape index (κ3) is 3.06. The Bertz CT molecular complexity index is 652. The van der Waals surface area contributed by atoms with Crippen LogP contribution in [0.4, 0.5) is 13.2 Å². The molecule has 0 aliphatic rings. The fourth-order valence-electron chi connectivity index (χ4n) is 1.71. The van der Waals surface area contributed by atoms with Gasteiger partial charge in [0.05, 0.1) is 12.0 Å². The molecule has 8 heteroatoms. The molecule has 2 aromatic rings. The first-order chi connectivity index (χ1) is 9.29. The Morgan fingerprint density at radius 2 is 2.10 bits per heavy atom. The fourth-order valence-corrected chi connectivity index (χ4v) is 2.07. The molecule has 1 heterocycles. The zero-order valence-electron chi connectivity index (χ0n) is 10.3. The number of ketones is 1. The van der Waals surface area contributed by atoms with Gasteiger partial charge in [-0.05, 0) is 18.2 Å². The Labute approximate surface area is 120 Å². The van der Waals surface area contributed by atoms with E-state index in [9.17, 15) is 18.0 Å². The number of carbonyl (C=O) groups is 1. The molecule has 106 valence electrons. The molecule has 0 bridgehead atoms. The summed E-state index contributed by atoms with van der Waals surface area (Å²) < 4.78 is 40.4. The lowest BCUT2D eigenvalue weighted by Crippen LogP contribution is -2.16. The van der Waals surface area contributed by atoms with E-state index in [1.165, 1.54) is 17.1 Å². The maximum atomic E-state index is 12.9. The fraction of sp³-hybridized carbons (Fsp3) is 0.250. The van der Waals surface area contributed by atoms with Gasteiger partial charge in [-0.3, -0.25) is 9.48 Å². The molecule has 2 rings (SSSR count). The van der Waals surface area contributed by atoms with Gasteiger partial charge in [0, 0.05) is 17.1 Å². The molecule has 0 saturated carbocycles. The minimum atomic E-state index is -4.59. The molecular weight excluding hydrogens is 339 g/mol. The van der Waals surface area contributed by atoms with Crippen molar-refractivity contribution in [3.8, 4) is 0 Å². The second-order valence-corrected chi connectivity index (χ2v) is 5.00. The summed E-state index contributed by atoms with van der Waals surface area (Å²) in [5, 5.41) is 3.77. The highest BCUT2D eigenvalue weighted by atomic mass is 79.9. The lowest BCUT2D eigenvalue weighted by molar-refractivity contribution is -0.138. The number of aryl methyl sites for hydroxylation is 1. The molecule has 0 fully saturated rings. The third-order valence-corrected chi connectivity index (χ3v) is 3.20. The molecule has 0 amide bonds. The van der Waals surface area contributed by atoms with Crippen LogP contribution in [0.25, 0.3) is 0 Å². The normalized spacial score (nSPS) is 11.7. The van der Waals surface area contributed by atoms with Gasteiger partial charge in [-0.25, -0.2) is 4.98 Å². The Kier molecular flexibility index (Phi) is 3.94. The van der Waals surface area contributed by atoms with E-state index in [1.54, 1.807) is 7.05 Å². The van der Waals surface area contributed by atoms with Gasteiger partial charge in [-0.1, -0.05) is 15.9 Å². The monoisotopic (exact) mass is 347 g/mol. The van der Waals surface area contributed by atoms with Crippen molar-refractivity contribution in [3.63, 3.8) is 0 Å². The lowest BCUT2D eigenvalue weighted by atomic mass is 10.0. The number of benzene rings is 1. The van der Waals surface area contributed by atoms with Crippen LogP contribution < -0.4 is 0 Å². The highest BCUT2D eigenvalue weighted by Crippen LogP contribution is 2.34. The van der Waals surface area contributed by atoms with Gasteiger partial charge in [-0.15, -0.1) is 0 Å². The number of aromatic nitrogens is 3. The average molecular weight is 348 g/mol. The Morgan fingerprint density at radius 3 is 2.65 bits per heavy atom. The van der Waals surface area contributed by atoms with Crippen LogP contribution in [0.5, 0.6) is 0 Å². The van der Waals surface area contributed by atoms with Crippen LogP contribution in [0, 0.1) is 0 Å². The van der Waals surface area contributed by atoms with E-state index in [4.69, 9.17) is 0 Å².